The van der Waals surface area contributed by atoms with E-state index in [1.807, 2.05) is 52.3 Å². The number of benzene rings is 2. The van der Waals surface area contributed by atoms with Crippen molar-refractivity contribution in [2.24, 2.45) is 5.92 Å². The molecule has 0 spiro atoms. The zero-order valence-electron chi connectivity index (χ0n) is 16.0. The van der Waals surface area contributed by atoms with E-state index in [0.717, 1.165) is 24.0 Å². The van der Waals surface area contributed by atoms with Gasteiger partial charge < -0.3 is 14.5 Å². The van der Waals surface area contributed by atoms with Crippen molar-refractivity contribution in [3.8, 4) is 11.1 Å². The van der Waals surface area contributed by atoms with E-state index in [2.05, 4.69) is 12.1 Å². The quantitative estimate of drug-likeness (QED) is 0.825. The van der Waals surface area contributed by atoms with Crippen molar-refractivity contribution in [3.63, 3.8) is 0 Å². The lowest BCUT2D eigenvalue weighted by Gasteiger charge is -2.35. The summed E-state index contributed by atoms with van der Waals surface area (Å²) < 4.78 is 5.32. The molecule has 5 heteroatoms. The van der Waals surface area contributed by atoms with E-state index in [1.165, 1.54) is 0 Å². The van der Waals surface area contributed by atoms with Gasteiger partial charge in [-0.15, -0.1) is 0 Å². The van der Waals surface area contributed by atoms with Crippen LogP contribution in [0.1, 0.15) is 23.2 Å². The first kappa shape index (κ1) is 18.7. The third kappa shape index (κ3) is 4.09. The summed E-state index contributed by atoms with van der Waals surface area (Å²) in [4.78, 5) is 29.3. The molecule has 2 saturated heterocycles. The van der Waals surface area contributed by atoms with Gasteiger partial charge in [0.05, 0.1) is 13.2 Å². The van der Waals surface area contributed by atoms with Gasteiger partial charge in [0.2, 0.25) is 5.91 Å². The van der Waals surface area contributed by atoms with Crippen LogP contribution in [0, 0.1) is 5.92 Å². The number of amides is 2. The number of carbonyl (C=O) groups is 2. The van der Waals surface area contributed by atoms with Crippen LogP contribution >= 0.6 is 0 Å². The molecule has 0 radical (unpaired) electrons. The maximum atomic E-state index is 12.8. The fourth-order valence-electron chi connectivity index (χ4n) is 3.99. The van der Waals surface area contributed by atoms with E-state index in [0.29, 0.717) is 45.0 Å². The normalized spacial score (nSPS) is 18.1. The summed E-state index contributed by atoms with van der Waals surface area (Å²) >= 11 is 0. The van der Waals surface area contributed by atoms with Crippen molar-refractivity contribution in [2.45, 2.75) is 12.8 Å². The minimum absolute atomic E-state index is 0.0302. The molecule has 0 bridgehead atoms. The second-order valence-electron chi connectivity index (χ2n) is 7.45. The Bertz CT molecular complexity index is 806. The van der Waals surface area contributed by atoms with E-state index in [4.69, 9.17) is 4.74 Å². The average molecular weight is 378 g/mol. The predicted octanol–water partition coefficient (Wildman–Crippen LogP) is 3.06. The van der Waals surface area contributed by atoms with E-state index >= 15 is 0 Å². The Kier molecular flexibility index (Phi) is 5.72. The third-order valence-electron chi connectivity index (χ3n) is 5.69. The number of carbonyl (C=O) groups excluding carboxylic acids is 2. The van der Waals surface area contributed by atoms with Crippen LogP contribution in [-0.2, 0) is 9.53 Å². The summed E-state index contributed by atoms with van der Waals surface area (Å²) in [7, 11) is 0. The summed E-state index contributed by atoms with van der Waals surface area (Å²) in [5, 5.41) is 0. The summed E-state index contributed by atoms with van der Waals surface area (Å²) in [6.07, 6.45) is 1.48. The first-order valence-electron chi connectivity index (χ1n) is 10.0. The van der Waals surface area contributed by atoms with Crippen LogP contribution in [0.15, 0.2) is 54.6 Å². The zero-order valence-corrected chi connectivity index (χ0v) is 16.0. The first-order valence-corrected chi connectivity index (χ1v) is 10.0. The Morgan fingerprint density at radius 1 is 0.750 bits per heavy atom. The van der Waals surface area contributed by atoms with Crippen molar-refractivity contribution >= 4 is 11.8 Å². The number of ether oxygens (including phenoxy) is 1. The lowest BCUT2D eigenvalue weighted by Crippen LogP contribution is -2.47. The van der Waals surface area contributed by atoms with Crippen LogP contribution in [0.2, 0.25) is 0 Å². The lowest BCUT2D eigenvalue weighted by atomic mass is 9.94. The molecule has 2 aromatic rings. The van der Waals surface area contributed by atoms with Crippen molar-refractivity contribution in [2.75, 3.05) is 39.4 Å². The van der Waals surface area contributed by atoms with Gasteiger partial charge in [0, 0.05) is 37.7 Å². The fourth-order valence-corrected chi connectivity index (χ4v) is 3.99. The number of hydrogen-bond acceptors (Lipinski definition) is 3. The Morgan fingerprint density at radius 2 is 1.36 bits per heavy atom. The molecule has 2 aliphatic rings. The van der Waals surface area contributed by atoms with Crippen molar-refractivity contribution in [1.29, 1.82) is 0 Å². The molecule has 0 saturated carbocycles. The second kappa shape index (κ2) is 8.57. The standard InChI is InChI=1S/C23H26N2O3/c26-22(20-8-6-19(7-9-20)18-4-2-1-3-5-18)24-12-10-21(11-13-24)23(27)25-14-16-28-17-15-25/h1-9,21H,10-17H2. The van der Waals surface area contributed by atoms with Crippen LogP contribution < -0.4 is 0 Å². The van der Waals surface area contributed by atoms with Gasteiger partial charge in [-0.2, -0.15) is 0 Å². The molecule has 0 unspecified atom stereocenters. The zero-order chi connectivity index (χ0) is 19.3. The van der Waals surface area contributed by atoms with Gasteiger partial charge in [0.1, 0.15) is 0 Å². The SMILES string of the molecule is O=C(c1ccc(-c2ccccc2)cc1)N1CCC(C(=O)N2CCOCC2)CC1. The molecule has 28 heavy (non-hydrogen) atoms. The Hall–Kier alpha value is -2.66. The summed E-state index contributed by atoms with van der Waals surface area (Å²) in [5.41, 5.74) is 2.95. The Labute approximate surface area is 165 Å². The van der Waals surface area contributed by atoms with E-state index in [1.54, 1.807) is 0 Å². The molecule has 0 N–H and O–H groups in total. The highest BCUT2D eigenvalue weighted by Crippen LogP contribution is 2.23. The number of piperidine rings is 1. The minimum atomic E-state index is 0.0302. The van der Waals surface area contributed by atoms with E-state index < -0.39 is 0 Å². The highest BCUT2D eigenvalue weighted by Gasteiger charge is 2.31. The lowest BCUT2D eigenvalue weighted by molar-refractivity contribution is -0.141. The van der Waals surface area contributed by atoms with Crippen LogP contribution in [0.4, 0.5) is 0 Å². The smallest absolute Gasteiger partial charge is 0.253 e. The van der Waals surface area contributed by atoms with Gasteiger partial charge in [0.15, 0.2) is 0 Å². The van der Waals surface area contributed by atoms with Crippen molar-refractivity contribution in [1.82, 2.24) is 9.80 Å². The maximum Gasteiger partial charge on any atom is 0.253 e. The predicted molar refractivity (Wildman–Crippen MR) is 108 cm³/mol. The summed E-state index contributed by atoms with van der Waals surface area (Å²) in [6, 6.07) is 17.9. The summed E-state index contributed by atoms with van der Waals surface area (Å²) in [6.45, 7) is 3.90. The molecule has 2 fully saturated rings. The van der Waals surface area contributed by atoms with E-state index in [9.17, 15) is 9.59 Å². The van der Waals surface area contributed by atoms with Gasteiger partial charge in [-0.25, -0.2) is 0 Å². The molecule has 4 rings (SSSR count). The van der Waals surface area contributed by atoms with Crippen LogP contribution in [0.5, 0.6) is 0 Å². The number of morpholine rings is 1. The Balaban J connectivity index is 1.34. The van der Waals surface area contributed by atoms with Gasteiger partial charge in [-0.3, -0.25) is 9.59 Å². The number of nitrogens with zero attached hydrogens (tertiary/aromatic N) is 2. The molecule has 2 heterocycles. The molecule has 2 aliphatic heterocycles. The topological polar surface area (TPSA) is 49.9 Å². The largest absolute Gasteiger partial charge is 0.378 e. The maximum absolute atomic E-state index is 12.8. The molecular formula is C23H26N2O3. The molecule has 0 aliphatic carbocycles. The van der Waals surface area contributed by atoms with Gasteiger partial charge in [0.25, 0.3) is 5.91 Å². The van der Waals surface area contributed by atoms with Gasteiger partial charge in [-0.05, 0) is 36.1 Å². The van der Waals surface area contributed by atoms with Crippen molar-refractivity contribution in [3.05, 3.63) is 60.2 Å². The van der Waals surface area contributed by atoms with Crippen molar-refractivity contribution < 1.29 is 14.3 Å². The molecular weight excluding hydrogens is 352 g/mol. The molecule has 2 aromatic carbocycles. The number of likely N-dealkylation sites (tertiary alicyclic amines) is 1. The highest BCUT2D eigenvalue weighted by atomic mass is 16.5. The number of hydrogen-bond donors (Lipinski definition) is 0. The molecule has 146 valence electrons. The fraction of sp³-hybridized carbons (Fsp3) is 0.391. The average Bonchev–Trinajstić information content (AvgIpc) is 2.79. The highest BCUT2D eigenvalue weighted by molar-refractivity contribution is 5.95. The third-order valence-corrected chi connectivity index (χ3v) is 5.69. The molecule has 2 amide bonds. The van der Waals surface area contributed by atoms with Gasteiger partial charge >= 0.3 is 0 Å². The second-order valence-corrected chi connectivity index (χ2v) is 7.45. The summed E-state index contributed by atoms with van der Waals surface area (Å²) in [5.74, 6) is 0.308. The van der Waals surface area contributed by atoms with Gasteiger partial charge in [-0.1, -0.05) is 42.5 Å². The Morgan fingerprint density at radius 3 is 2.00 bits per heavy atom. The first-order chi connectivity index (χ1) is 13.7. The number of rotatable bonds is 3. The van der Waals surface area contributed by atoms with E-state index in [-0.39, 0.29) is 17.7 Å². The molecule has 5 nitrogen and oxygen atoms in total. The minimum Gasteiger partial charge on any atom is -0.378 e. The van der Waals surface area contributed by atoms with Crippen LogP contribution in [-0.4, -0.2) is 61.0 Å². The molecule has 0 atom stereocenters. The van der Waals surface area contributed by atoms with Crippen LogP contribution in [0.25, 0.3) is 11.1 Å². The van der Waals surface area contributed by atoms with Crippen LogP contribution in [0.3, 0.4) is 0 Å². The molecule has 0 aromatic heterocycles. The monoisotopic (exact) mass is 378 g/mol.